The zero-order valence-electron chi connectivity index (χ0n) is 12.8. The molecule has 0 atom stereocenters. The standard InChI is InChI=1S/C17H25ClN2/c1-13(2)7-4-5-12-20-16(10-11-18)19-15-9-6-8-14(3)17(15)20/h6,8-9,13H,4-5,7,10-12H2,1-3H3. The van der Waals surface area contributed by atoms with Gasteiger partial charge in [0.25, 0.3) is 0 Å². The molecule has 3 heteroatoms. The van der Waals surface area contributed by atoms with Crippen LogP contribution in [0.3, 0.4) is 0 Å². The van der Waals surface area contributed by atoms with Gasteiger partial charge in [-0.25, -0.2) is 4.98 Å². The summed E-state index contributed by atoms with van der Waals surface area (Å²) in [7, 11) is 0. The number of aromatic nitrogens is 2. The summed E-state index contributed by atoms with van der Waals surface area (Å²) in [6, 6.07) is 6.35. The summed E-state index contributed by atoms with van der Waals surface area (Å²) >= 11 is 5.92. The number of imidazole rings is 1. The normalized spacial score (nSPS) is 11.7. The van der Waals surface area contributed by atoms with Crippen molar-refractivity contribution in [1.29, 1.82) is 0 Å². The lowest BCUT2D eigenvalue weighted by Crippen LogP contribution is -2.06. The van der Waals surface area contributed by atoms with Gasteiger partial charge in [-0.15, -0.1) is 11.6 Å². The van der Waals surface area contributed by atoms with E-state index in [1.807, 2.05) is 0 Å². The first-order chi connectivity index (χ1) is 9.63. The molecule has 2 aromatic rings. The molecule has 0 radical (unpaired) electrons. The first-order valence-corrected chi connectivity index (χ1v) is 8.17. The van der Waals surface area contributed by atoms with Crippen LogP contribution < -0.4 is 0 Å². The van der Waals surface area contributed by atoms with Crippen LogP contribution in [0.1, 0.15) is 44.5 Å². The molecule has 1 aromatic carbocycles. The molecular formula is C17H25ClN2. The fourth-order valence-corrected chi connectivity index (χ4v) is 2.92. The maximum Gasteiger partial charge on any atom is 0.111 e. The Morgan fingerprint density at radius 3 is 2.75 bits per heavy atom. The van der Waals surface area contributed by atoms with Crippen LogP contribution in [-0.2, 0) is 13.0 Å². The number of rotatable bonds is 7. The van der Waals surface area contributed by atoms with Gasteiger partial charge in [0.15, 0.2) is 0 Å². The molecule has 0 aliphatic carbocycles. The second-order valence-electron chi connectivity index (χ2n) is 5.95. The monoisotopic (exact) mass is 292 g/mol. The fraction of sp³-hybridized carbons (Fsp3) is 0.588. The van der Waals surface area contributed by atoms with E-state index in [-0.39, 0.29) is 0 Å². The van der Waals surface area contributed by atoms with Crippen molar-refractivity contribution in [3.63, 3.8) is 0 Å². The quantitative estimate of drug-likeness (QED) is 0.521. The van der Waals surface area contributed by atoms with Crippen molar-refractivity contribution < 1.29 is 0 Å². The van der Waals surface area contributed by atoms with Crippen LogP contribution in [0, 0.1) is 12.8 Å². The molecule has 1 aromatic heterocycles. The number of halogens is 1. The minimum atomic E-state index is 0.633. The van der Waals surface area contributed by atoms with Gasteiger partial charge in [-0.2, -0.15) is 0 Å². The Morgan fingerprint density at radius 1 is 1.25 bits per heavy atom. The maximum absolute atomic E-state index is 5.92. The molecule has 0 amide bonds. The van der Waals surface area contributed by atoms with E-state index in [2.05, 4.69) is 43.5 Å². The Bertz CT molecular complexity index is 557. The summed E-state index contributed by atoms with van der Waals surface area (Å²) in [6.45, 7) is 7.80. The summed E-state index contributed by atoms with van der Waals surface area (Å²) in [6.07, 6.45) is 4.65. The van der Waals surface area contributed by atoms with Gasteiger partial charge in [-0.1, -0.05) is 38.8 Å². The molecule has 0 saturated heterocycles. The number of alkyl halides is 1. The third kappa shape index (κ3) is 3.54. The smallest absolute Gasteiger partial charge is 0.111 e. The van der Waals surface area contributed by atoms with E-state index in [1.54, 1.807) is 0 Å². The van der Waals surface area contributed by atoms with Crippen LogP contribution in [0.4, 0.5) is 0 Å². The van der Waals surface area contributed by atoms with Crippen molar-refractivity contribution in [1.82, 2.24) is 9.55 Å². The highest BCUT2D eigenvalue weighted by atomic mass is 35.5. The molecular weight excluding hydrogens is 268 g/mol. The Morgan fingerprint density at radius 2 is 2.05 bits per heavy atom. The van der Waals surface area contributed by atoms with Crippen LogP contribution >= 0.6 is 11.6 Å². The molecule has 2 nitrogen and oxygen atoms in total. The van der Waals surface area contributed by atoms with Crippen LogP contribution in [0.5, 0.6) is 0 Å². The molecule has 0 N–H and O–H groups in total. The lowest BCUT2D eigenvalue weighted by molar-refractivity contribution is 0.507. The molecule has 0 fully saturated rings. The van der Waals surface area contributed by atoms with Crippen molar-refractivity contribution in [2.75, 3.05) is 5.88 Å². The number of hydrogen-bond acceptors (Lipinski definition) is 1. The van der Waals surface area contributed by atoms with Gasteiger partial charge in [-0.3, -0.25) is 0 Å². The number of fused-ring (bicyclic) bond motifs is 1. The SMILES string of the molecule is Cc1cccc2nc(CCCl)n(CCCCC(C)C)c12. The summed E-state index contributed by atoms with van der Waals surface area (Å²) in [5, 5.41) is 0. The minimum Gasteiger partial charge on any atom is -0.328 e. The predicted octanol–water partition coefficient (Wildman–Crippen LogP) is 4.95. The predicted molar refractivity (Wildman–Crippen MR) is 87.6 cm³/mol. The Balaban J connectivity index is 2.21. The van der Waals surface area contributed by atoms with Crippen LogP contribution in [0.15, 0.2) is 18.2 Å². The summed E-state index contributed by atoms with van der Waals surface area (Å²) < 4.78 is 2.38. The van der Waals surface area contributed by atoms with E-state index < -0.39 is 0 Å². The van der Waals surface area contributed by atoms with Gasteiger partial charge in [0.05, 0.1) is 11.0 Å². The van der Waals surface area contributed by atoms with Crippen molar-refractivity contribution in [3.05, 3.63) is 29.6 Å². The molecule has 110 valence electrons. The molecule has 2 rings (SSSR count). The highest BCUT2D eigenvalue weighted by Gasteiger charge is 2.11. The molecule has 0 unspecified atom stereocenters. The van der Waals surface area contributed by atoms with Crippen molar-refractivity contribution in [2.45, 2.75) is 53.0 Å². The number of benzene rings is 1. The van der Waals surface area contributed by atoms with E-state index in [0.717, 1.165) is 30.2 Å². The van der Waals surface area contributed by atoms with E-state index >= 15 is 0 Å². The summed E-state index contributed by atoms with van der Waals surface area (Å²) in [5.74, 6) is 2.56. The maximum atomic E-state index is 5.92. The largest absolute Gasteiger partial charge is 0.328 e. The van der Waals surface area contributed by atoms with Gasteiger partial charge >= 0.3 is 0 Å². The Hall–Kier alpha value is -1.02. The zero-order valence-corrected chi connectivity index (χ0v) is 13.6. The van der Waals surface area contributed by atoms with Crippen LogP contribution in [0.25, 0.3) is 11.0 Å². The molecule has 0 aliphatic heterocycles. The lowest BCUT2D eigenvalue weighted by Gasteiger charge is -2.10. The average molecular weight is 293 g/mol. The number of nitrogens with zero attached hydrogens (tertiary/aromatic N) is 2. The number of para-hydroxylation sites is 1. The lowest BCUT2D eigenvalue weighted by atomic mass is 10.1. The van der Waals surface area contributed by atoms with Gasteiger partial charge < -0.3 is 4.57 Å². The number of unbranched alkanes of at least 4 members (excludes halogenated alkanes) is 1. The third-order valence-electron chi connectivity index (χ3n) is 3.78. The van der Waals surface area contributed by atoms with E-state index in [1.165, 1.54) is 30.3 Å². The highest BCUT2D eigenvalue weighted by molar-refractivity contribution is 6.17. The van der Waals surface area contributed by atoms with E-state index in [0.29, 0.717) is 5.88 Å². The summed E-state index contributed by atoms with van der Waals surface area (Å²) in [4.78, 5) is 4.76. The van der Waals surface area contributed by atoms with Crippen LogP contribution in [-0.4, -0.2) is 15.4 Å². The second kappa shape index (κ2) is 7.12. The van der Waals surface area contributed by atoms with Gasteiger partial charge in [0.1, 0.15) is 5.82 Å². The van der Waals surface area contributed by atoms with Gasteiger partial charge in [0, 0.05) is 18.8 Å². The first-order valence-electron chi connectivity index (χ1n) is 7.64. The van der Waals surface area contributed by atoms with Gasteiger partial charge in [-0.05, 0) is 30.9 Å². The first kappa shape index (κ1) is 15.4. The fourth-order valence-electron chi connectivity index (χ4n) is 2.75. The molecule has 0 saturated carbocycles. The van der Waals surface area contributed by atoms with Gasteiger partial charge in [0.2, 0.25) is 0 Å². The minimum absolute atomic E-state index is 0.633. The second-order valence-corrected chi connectivity index (χ2v) is 6.33. The van der Waals surface area contributed by atoms with Crippen molar-refractivity contribution >= 4 is 22.6 Å². The molecule has 20 heavy (non-hydrogen) atoms. The number of hydrogen-bond donors (Lipinski definition) is 0. The third-order valence-corrected chi connectivity index (χ3v) is 3.97. The molecule has 0 spiro atoms. The zero-order chi connectivity index (χ0) is 14.5. The molecule has 1 heterocycles. The van der Waals surface area contributed by atoms with E-state index in [4.69, 9.17) is 16.6 Å². The van der Waals surface area contributed by atoms with Crippen LogP contribution in [0.2, 0.25) is 0 Å². The molecule has 0 aliphatic rings. The highest BCUT2D eigenvalue weighted by Crippen LogP contribution is 2.22. The number of aryl methyl sites for hydroxylation is 3. The Labute approximate surface area is 127 Å². The average Bonchev–Trinajstić information content (AvgIpc) is 2.74. The van der Waals surface area contributed by atoms with Crippen molar-refractivity contribution in [2.24, 2.45) is 5.92 Å². The molecule has 0 bridgehead atoms. The topological polar surface area (TPSA) is 17.8 Å². The van der Waals surface area contributed by atoms with Crippen molar-refractivity contribution in [3.8, 4) is 0 Å². The summed E-state index contributed by atoms with van der Waals surface area (Å²) in [5.41, 5.74) is 3.70. The Kier molecular flexibility index (Phi) is 5.47. The van der Waals surface area contributed by atoms with E-state index in [9.17, 15) is 0 Å².